The van der Waals surface area contributed by atoms with Gasteiger partial charge in [0.15, 0.2) is 17.5 Å². The summed E-state index contributed by atoms with van der Waals surface area (Å²) in [5.74, 6) is 1.88. The Hall–Kier alpha value is -6.39. The maximum Gasteiger partial charge on any atom is 0.164 e. The van der Waals surface area contributed by atoms with Crippen LogP contribution in [0.4, 0.5) is 0 Å². The zero-order valence-electron chi connectivity index (χ0n) is 25.3. The van der Waals surface area contributed by atoms with Gasteiger partial charge in [-0.05, 0) is 45.7 Å². The zero-order valence-corrected chi connectivity index (χ0v) is 25.3. The van der Waals surface area contributed by atoms with Crippen LogP contribution in [-0.4, -0.2) is 15.0 Å². The molecule has 0 spiro atoms. The van der Waals surface area contributed by atoms with Gasteiger partial charge in [0.05, 0.1) is 0 Å². The highest BCUT2D eigenvalue weighted by atomic mass is 16.3. The average Bonchev–Trinajstić information content (AvgIpc) is 3.52. The Kier molecular flexibility index (Phi) is 6.43. The Balaban J connectivity index is 1.16. The Morgan fingerprint density at radius 2 is 0.851 bits per heavy atom. The number of furan rings is 1. The third-order valence-corrected chi connectivity index (χ3v) is 8.71. The van der Waals surface area contributed by atoms with Gasteiger partial charge in [-0.2, -0.15) is 0 Å². The van der Waals surface area contributed by atoms with Crippen molar-refractivity contribution in [3.8, 4) is 56.4 Å². The number of benzene rings is 7. The summed E-state index contributed by atoms with van der Waals surface area (Å²) in [5.41, 5.74) is 8.91. The lowest BCUT2D eigenvalue weighted by Crippen LogP contribution is -2.00. The quantitative estimate of drug-likeness (QED) is 0.197. The second-order valence-corrected chi connectivity index (χ2v) is 11.7. The lowest BCUT2D eigenvalue weighted by Gasteiger charge is -2.10. The minimum atomic E-state index is 0.617. The number of para-hydroxylation sites is 1. The van der Waals surface area contributed by atoms with Gasteiger partial charge in [0.2, 0.25) is 0 Å². The van der Waals surface area contributed by atoms with Gasteiger partial charge in [0.1, 0.15) is 11.2 Å². The monoisotopic (exact) mass is 601 g/mol. The van der Waals surface area contributed by atoms with E-state index in [0.29, 0.717) is 17.5 Å². The first-order chi connectivity index (χ1) is 23.3. The smallest absolute Gasteiger partial charge is 0.164 e. The molecule has 7 aromatic carbocycles. The fourth-order valence-corrected chi connectivity index (χ4v) is 6.33. The molecule has 220 valence electrons. The van der Waals surface area contributed by atoms with Crippen molar-refractivity contribution in [1.29, 1.82) is 0 Å². The maximum absolute atomic E-state index is 6.55. The van der Waals surface area contributed by atoms with Gasteiger partial charge in [-0.3, -0.25) is 0 Å². The van der Waals surface area contributed by atoms with E-state index in [4.69, 9.17) is 19.4 Å². The molecule has 0 unspecified atom stereocenters. The summed E-state index contributed by atoms with van der Waals surface area (Å²) in [5, 5.41) is 4.58. The normalized spacial score (nSPS) is 11.4. The van der Waals surface area contributed by atoms with E-state index in [2.05, 4.69) is 127 Å². The summed E-state index contributed by atoms with van der Waals surface area (Å²) in [6, 6.07) is 56.3. The Morgan fingerprint density at radius 1 is 0.340 bits per heavy atom. The standard InChI is InChI=1S/C43H27N3O/c1-3-11-28(12-4-1)29-21-23-31(24-22-29)42-44-41(30-13-5-2-6-14-30)45-43(46-42)35-18-9-17-34(25-35)36-19-10-20-37-38-26-32-15-7-8-16-33(32)27-39(38)47-40(36)37/h1-27H. The molecule has 0 aliphatic heterocycles. The molecule has 0 aliphatic carbocycles. The molecular formula is C43H27N3O. The molecule has 0 atom stereocenters. The van der Waals surface area contributed by atoms with E-state index in [1.54, 1.807) is 0 Å². The van der Waals surface area contributed by atoms with Crippen molar-refractivity contribution in [2.24, 2.45) is 0 Å². The van der Waals surface area contributed by atoms with Crippen molar-refractivity contribution in [2.45, 2.75) is 0 Å². The molecule has 4 nitrogen and oxygen atoms in total. The Morgan fingerprint density at radius 3 is 1.57 bits per heavy atom. The van der Waals surface area contributed by atoms with Gasteiger partial charge in [0.25, 0.3) is 0 Å². The number of rotatable bonds is 5. The van der Waals surface area contributed by atoms with E-state index in [1.807, 2.05) is 36.4 Å². The summed E-state index contributed by atoms with van der Waals surface area (Å²) < 4.78 is 6.55. The van der Waals surface area contributed by atoms with Gasteiger partial charge in [0, 0.05) is 33.0 Å². The van der Waals surface area contributed by atoms with Crippen molar-refractivity contribution in [2.75, 3.05) is 0 Å². The van der Waals surface area contributed by atoms with Crippen LogP contribution in [-0.2, 0) is 0 Å². The fourth-order valence-electron chi connectivity index (χ4n) is 6.33. The molecular weight excluding hydrogens is 574 g/mol. The predicted octanol–water partition coefficient (Wildman–Crippen LogP) is 11.3. The molecule has 0 fully saturated rings. The van der Waals surface area contributed by atoms with Crippen LogP contribution in [0.1, 0.15) is 0 Å². The number of fused-ring (bicyclic) bond motifs is 4. The van der Waals surface area contributed by atoms with E-state index in [9.17, 15) is 0 Å². The van der Waals surface area contributed by atoms with Gasteiger partial charge < -0.3 is 4.42 Å². The van der Waals surface area contributed by atoms with Crippen LogP contribution in [0.3, 0.4) is 0 Å². The molecule has 47 heavy (non-hydrogen) atoms. The highest BCUT2D eigenvalue weighted by Crippen LogP contribution is 2.38. The van der Waals surface area contributed by atoms with E-state index in [-0.39, 0.29) is 0 Å². The third kappa shape index (κ3) is 4.93. The highest BCUT2D eigenvalue weighted by molar-refractivity contribution is 6.13. The molecule has 0 radical (unpaired) electrons. The summed E-state index contributed by atoms with van der Waals surface area (Å²) in [6.07, 6.45) is 0. The van der Waals surface area contributed by atoms with Gasteiger partial charge >= 0.3 is 0 Å². The Labute approximate surface area is 271 Å². The molecule has 2 aromatic heterocycles. The molecule has 0 aliphatic rings. The first kappa shape index (κ1) is 27.0. The molecule has 9 rings (SSSR count). The Bertz CT molecular complexity index is 2550. The molecule has 0 saturated heterocycles. The third-order valence-electron chi connectivity index (χ3n) is 8.71. The van der Waals surface area contributed by atoms with Crippen LogP contribution >= 0.6 is 0 Å². The molecule has 0 N–H and O–H groups in total. The number of hydrogen-bond donors (Lipinski definition) is 0. The first-order valence-electron chi connectivity index (χ1n) is 15.7. The van der Waals surface area contributed by atoms with Crippen LogP contribution in [0.25, 0.3) is 89.1 Å². The molecule has 0 amide bonds. The van der Waals surface area contributed by atoms with Gasteiger partial charge in [-0.1, -0.05) is 146 Å². The van der Waals surface area contributed by atoms with Crippen molar-refractivity contribution < 1.29 is 4.42 Å². The molecule has 0 bridgehead atoms. The second-order valence-electron chi connectivity index (χ2n) is 11.7. The van der Waals surface area contributed by atoms with Crippen molar-refractivity contribution >= 4 is 32.7 Å². The molecule has 0 saturated carbocycles. The molecule has 9 aromatic rings. The van der Waals surface area contributed by atoms with Crippen LogP contribution in [0.15, 0.2) is 168 Å². The first-order valence-corrected chi connectivity index (χ1v) is 15.7. The van der Waals surface area contributed by atoms with E-state index < -0.39 is 0 Å². The fraction of sp³-hybridized carbons (Fsp3) is 0. The summed E-state index contributed by atoms with van der Waals surface area (Å²) in [4.78, 5) is 14.9. The maximum atomic E-state index is 6.55. The van der Waals surface area contributed by atoms with Crippen molar-refractivity contribution in [3.05, 3.63) is 164 Å². The summed E-state index contributed by atoms with van der Waals surface area (Å²) >= 11 is 0. The van der Waals surface area contributed by atoms with Crippen LogP contribution in [0, 0.1) is 0 Å². The number of hydrogen-bond acceptors (Lipinski definition) is 4. The zero-order chi connectivity index (χ0) is 31.2. The minimum Gasteiger partial charge on any atom is -0.455 e. The minimum absolute atomic E-state index is 0.617. The highest BCUT2D eigenvalue weighted by Gasteiger charge is 2.16. The van der Waals surface area contributed by atoms with E-state index in [1.165, 1.54) is 10.9 Å². The molecule has 4 heteroatoms. The van der Waals surface area contributed by atoms with E-state index >= 15 is 0 Å². The largest absolute Gasteiger partial charge is 0.455 e. The number of nitrogens with zero attached hydrogens (tertiary/aromatic N) is 3. The topological polar surface area (TPSA) is 51.8 Å². The molecule has 2 heterocycles. The van der Waals surface area contributed by atoms with Gasteiger partial charge in [-0.25, -0.2) is 15.0 Å². The SMILES string of the molecule is c1ccc(-c2ccc(-c3nc(-c4ccccc4)nc(-c4cccc(-c5cccc6c5oc5cc7ccccc7cc56)c4)n3)cc2)cc1. The second kappa shape index (κ2) is 11.2. The van der Waals surface area contributed by atoms with Crippen LogP contribution < -0.4 is 0 Å². The van der Waals surface area contributed by atoms with Gasteiger partial charge in [-0.15, -0.1) is 0 Å². The lowest BCUT2D eigenvalue weighted by atomic mass is 9.99. The lowest BCUT2D eigenvalue weighted by molar-refractivity contribution is 0.670. The van der Waals surface area contributed by atoms with E-state index in [0.717, 1.165) is 60.7 Å². The van der Waals surface area contributed by atoms with Crippen molar-refractivity contribution in [3.63, 3.8) is 0 Å². The van der Waals surface area contributed by atoms with Crippen LogP contribution in [0.2, 0.25) is 0 Å². The number of aromatic nitrogens is 3. The summed E-state index contributed by atoms with van der Waals surface area (Å²) in [6.45, 7) is 0. The summed E-state index contributed by atoms with van der Waals surface area (Å²) in [7, 11) is 0. The average molecular weight is 602 g/mol. The van der Waals surface area contributed by atoms with Crippen LogP contribution in [0.5, 0.6) is 0 Å². The predicted molar refractivity (Wildman–Crippen MR) is 192 cm³/mol. The van der Waals surface area contributed by atoms with Crippen molar-refractivity contribution in [1.82, 2.24) is 15.0 Å².